The molecule has 0 aromatic heterocycles. The molecule has 1 aromatic rings. The summed E-state index contributed by atoms with van der Waals surface area (Å²) < 4.78 is 31.5. The molecule has 0 heterocycles. The minimum absolute atomic E-state index is 0.00795. The zero-order valence-corrected chi connectivity index (χ0v) is 11.0. The third-order valence-corrected chi connectivity index (χ3v) is 2.60. The molecule has 0 bridgehead atoms. The Morgan fingerprint density at radius 1 is 1.17 bits per heavy atom. The van der Waals surface area contributed by atoms with Gasteiger partial charge in [0.1, 0.15) is 11.9 Å². The molecule has 4 heteroatoms. The number of ether oxygens (including phenoxy) is 1. The highest BCUT2D eigenvalue weighted by Crippen LogP contribution is 2.17. The lowest BCUT2D eigenvalue weighted by Crippen LogP contribution is -2.31. The van der Waals surface area contributed by atoms with Crippen molar-refractivity contribution in [1.29, 1.82) is 0 Å². The maximum absolute atomic E-state index is 13.1. The monoisotopic (exact) mass is 257 g/mol. The molecular weight excluding hydrogens is 236 g/mol. The van der Waals surface area contributed by atoms with E-state index in [0.29, 0.717) is 5.75 Å². The van der Waals surface area contributed by atoms with Crippen molar-refractivity contribution >= 4 is 0 Å². The highest BCUT2D eigenvalue weighted by Gasteiger charge is 2.11. The van der Waals surface area contributed by atoms with Crippen LogP contribution in [0.25, 0.3) is 0 Å². The molecule has 0 aliphatic rings. The highest BCUT2D eigenvalue weighted by molar-refractivity contribution is 5.23. The molecule has 1 atom stereocenters. The SMILES string of the molecule is CCCNCC(CCC)Oc1ccc(F)c(F)c1. The number of halogens is 2. The van der Waals surface area contributed by atoms with Crippen molar-refractivity contribution in [2.24, 2.45) is 0 Å². The molecule has 18 heavy (non-hydrogen) atoms. The van der Waals surface area contributed by atoms with Crippen LogP contribution in [0.15, 0.2) is 18.2 Å². The van der Waals surface area contributed by atoms with Gasteiger partial charge in [0.25, 0.3) is 0 Å². The van der Waals surface area contributed by atoms with Crippen LogP contribution in [-0.4, -0.2) is 19.2 Å². The van der Waals surface area contributed by atoms with Crippen LogP contribution in [-0.2, 0) is 0 Å². The molecule has 0 aliphatic heterocycles. The Morgan fingerprint density at radius 2 is 1.94 bits per heavy atom. The fourth-order valence-corrected chi connectivity index (χ4v) is 1.71. The Morgan fingerprint density at radius 3 is 2.56 bits per heavy atom. The second kappa shape index (κ2) is 8.03. The molecule has 2 nitrogen and oxygen atoms in total. The maximum atomic E-state index is 13.1. The van der Waals surface area contributed by atoms with Gasteiger partial charge in [-0.2, -0.15) is 0 Å². The molecule has 0 radical (unpaired) electrons. The van der Waals surface area contributed by atoms with Gasteiger partial charge in [-0.3, -0.25) is 0 Å². The van der Waals surface area contributed by atoms with Crippen molar-refractivity contribution < 1.29 is 13.5 Å². The van der Waals surface area contributed by atoms with Gasteiger partial charge in [0, 0.05) is 12.6 Å². The predicted octanol–water partition coefficient (Wildman–Crippen LogP) is 3.51. The molecule has 1 rings (SSSR count). The summed E-state index contributed by atoms with van der Waals surface area (Å²) in [5.41, 5.74) is 0. The van der Waals surface area contributed by atoms with E-state index in [1.165, 1.54) is 6.07 Å². The van der Waals surface area contributed by atoms with Crippen LogP contribution in [0.5, 0.6) is 5.75 Å². The lowest BCUT2D eigenvalue weighted by Gasteiger charge is -2.19. The van der Waals surface area contributed by atoms with Gasteiger partial charge in [0.05, 0.1) is 0 Å². The average Bonchev–Trinajstić information content (AvgIpc) is 2.34. The van der Waals surface area contributed by atoms with Crippen LogP contribution in [0.1, 0.15) is 33.1 Å². The van der Waals surface area contributed by atoms with Gasteiger partial charge in [0.15, 0.2) is 11.6 Å². The van der Waals surface area contributed by atoms with Crippen LogP contribution in [0.3, 0.4) is 0 Å². The van der Waals surface area contributed by atoms with Gasteiger partial charge in [0.2, 0.25) is 0 Å². The van der Waals surface area contributed by atoms with Crippen LogP contribution in [0, 0.1) is 11.6 Å². The highest BCUT2D eigenvalue weighted by atomic mass is 19.2. The Labute approximate surface area is 107 Å². The lowest BCUT2D eigenvalue weighted by molar-refractivity contribution is 0.185. The molecule has 0 saturated carbocycles. The van der Waals surface area contributed by atoms with Gasteiger partial charge in [-0.1, -0.05) is 20.3 Å². The maximum Gasteiger partial charge on any atom is 0.162 e. The van der Waals surface area contributed by atoms with Crippen molar-refractivity contribution in [2.75, 3.05) is 13.1 Å². The van der Waals surface area contributed by atoms with E-state index >= 15 is 0 Å². The first-order chi connectivity index (χ1) is 8.67. The standard InChI is InChI=1S/C14H21F2NO/c1-3-5-12(10-17-8-4-2)18-11-6-7-13(15)14(16)9-11/h6-7,9,12,17H,3-5,8,10H2,1-2H3. The van der Waals surface area contributed by atoms with Crippen molar-refractivity contribution in [2.45, 2.75) is 39.2 Å². The average molecular weight is 257 g/mol. The molecule has 0 amide bonds. The topological polar surface area (TPSA) is 21.3 Å². The van der Waals surface area contributed by atoms with Crippen molar-refractivity contribution in [3.63, 3.8) is 0 Å². The Hall–Kier alpha value is -1.16. The number of rotatable bonds is 8. The van der Waals surface area contributed by atoms with Crippen LogP contribution in [0.2, 0.25) is 0 Å². The van der Waals surface area contributed by atoms with E-state index in [-0.39, 0.29) is 6.10 Å². The normalized spacial score (nSPS) is 12.4. The summed E-state index contributed by atoms with van der Waals surface area (Å²) in [5, 5.41) is 3.27. The summed E-state index contributed by atoms with van der Waals surface area (Å²) in [5.74, 6) is -1.34. The van der Waals surface area contributed by atoms with Crippen molar-refractivity contribution in [3.8, 4) is 5.75 Å². The van der Waals surface area contributed by atoms with E-state index in [4.69, 9.17) is 4.74 Å². The van der Waals surface area contributed by atoms with E-state index in [0.717, 1.165) is 44.5 Å². The largest absolute Gasteiger partial charge is 0.489 e. The second-order valence-electron chi connectivity index (χ2n) is 4.31. The van der Waals surface area contributed by atoms with Gasteiger partial charge < -0.3 is 10.1 Å². The van der Waals surface area contributed by atoms with Gasteiger partial charge in [-0.05, 0) is 31.5 Å². The molecule has 0 saturated heterocycles. The summed E-state index contributed by atoms with van der Waals surface area (Å²) in [6.45, 7) is 5.82. The first kappa shape index (κ1) is 14.9. The molecule has 0 aliphatic carbocycles. The zero-order chi connectivity index (χ0) is 13.4. The summed E-state index contributed by atoms with van der Waals surface area (Å²) in [6.07, 6.45) is 2.92. The number of benzene rings is 1. The summed E-state index contributed by atoms with van der Waals surface area (Å²) in [7, 11) is 0. The molecule has 0 spiro atoms. The summed E-state index contributed by atoms with van der Waals surface area (Å²) in [6, 6.07) is 3.64. The van der Waals surface area contributed by atoms with Gasteiger partial charge in [-0.15, -0.1) is 0 Å². The Balaban J connectivity index is 2.55. The van der Waals surface area contributed by atoms with E-state index in [1.807, 2.05) is 0 Å². The molecule has 102 valence electrons. The minimum atomic E-state index is -0.871. The van der Waals surface area contributed by atoms with E-state index in [9.17, 15) is 8.78 Å². The lowest BCUT2D eigenvalue weighted by atomic mass is 10.2. The van der Waals surface area contributed by atoms with E-state index in [2.05, 4.69) is 19.2 Å². The second-order valence-corrected chi connectivity index (χ2v) is 4.31. The first-order valence-corrected chi connectivity index (χ1v) is 6.49. The zero-order valence-electron chi connectivity index (χ0n) is 11.0. The fourth-order valence-electron chi connectivity index (χ4n) is 1.71. The number of hydrogen-bond acceptors (Lipinski definition) is 2. The van der Waals surface area contributed by atoms with Crippen LogP contribution >= 0.6 is 0 Å². The molecule has 0 fully saturated rings. The third kappa shape index (κ3) is 5.00. The minimum Gasteiger partial charge on any atom is -0.489 e. The number of hydrogen-bond donors (Lipinski definition) is 1. The molecular formula is C14H21F2NO. The predicted molar refractivity (Wildman–Crippen MR) is 68.8 cm³/mol. The van der Waals surface area contributed by atoms with E-state index < -0.39 is 11.6 Å². The molecule has 1 unspecified atom stereocenters. The fraction of sp³-hybridized carbons (Fsp3) is 0.571. The third-order valence-electron chi connectivity index (χ3n) is 2.60. The Kier molecular flexibility index (Phi) is 6.65. The van der Waals surface area contributed by atoms with Gasteiger partial charge in [-0.25, -0.2) is 8.78 Å². The summed E-state index contributed by atoms with van der Waals surface area (Å²) in [4.78, 5) is 0. The molecule has 1 aromatic carbocycles. The van der Waals surface area contributed by atoms with Crippen LogP contribution in [0.4, 0.5) is 8.78 Å². The van der Waals surface area contributed by atoms with Crippen LogP contribution < -0.4 is 10.1 Å². The van der Waals surface area contributed by atoms with Crippen molar-refractivity contribution in [3.05, 3.63) is 29.8 Å². The first-order valence-electron chi connectivity index (χ1n) is 6.49. The quantitative estimate of drug-likeness (QED) is 0.719. The van der Waals surface area contributed by atoms with Gasteiger partial charge >= 0.3 is 0 Å². The summed E-state index contributed by atoms with van der Waals surface area (Å²) >= 11 is 0. The Bertz CT molecular complexity index is 358. The number of nitrogens with one attached hydrogen (secondary N) is 1. The van der Waals surface area contributed by atoms with E-state index in [1.54, 1.807) is 0 Å². The molecule has 1 N–H and O–H groups in total. The van der Waals surface area contributed by atoms with Crippen molar-refractivity contribution in [1.82, 2.24) is 5.32 Å². The smallest absolute Gasteiger partial charge is 0.162 e.